The highest BCUT2D eigenvalue weighted by molar-refractivity contribution is 5.89. The molecule has 1 aliphatic rings. The standard InChI is InChI=1S/C11H13NO4.C10H13NO.ClH/c1-16-11(15)9(12)6-7-4-2-3-5-8(7)10(13)14;11-9-3-1-8-6-10(12)4-2-7(8)5-9;/h2-5,9H,6,12H2,1H3,(H,13,14);2,4,6,9,12H,1,3,5,11H2;1H/t;9-;/m.0./s1. The van der Waals surface area contributed by atoms with Crippen LogP contribution in [0, 0.1) is 0 Å². The van der Waals surface area contributed by atoms with E-state index in [1.807, 2.05) is 12.1 Å². The molecule has 158 valence electrons. The summed E-state index contributed by atoms with van der Waals surface area (Å²) in [5.74, 6) is -1.22. The van der Waals surface area contributed by atoms with Crippen LogP contribution in [0.1, 0.15) is 33.5 Å². The molecule has 0 bridgehead atoms. The van der Waals surface area contributed by atoms with Gasteiger partial charge < -0.3 is 26.4 Å². The van der Waals surface area contributed by atoms with Gasteiger partial charge in [0.1, 0.15) is 11.8 Å². The summed E-state index contributed by atoms with van der Waals surface area (Å²) in [4.78, 5) is 22.0. The minimum absolute atomic E-state index is 0. The summed E-state index contributed by atoms with van der Waals surface area (Å²) in [5, 5.41) is 18.1. The van der Waals surface area contributed by atoms with Gasteiger partial charge in [0, 0.05) is 6.04 Å². The molecule has 0 saturated carbocycles. The van der Waals surface area contributed by atoms with Crippen LogP contribution in [0.4, 0.5) is 0 Å². The number of nitrogens with two attached hydrogens (primary N) is 2. The smallest absolute Gasteiger partial charge is 0.335 e. The van der Waals surface area contributed by atoms with Gasteiger partial charge in [-0.3, -0.25) is 4.79 Å². The molecule has 0 heterocycles. The molecule has 2 atom stereocenters. The number of aromatic carboxylic acids is 1. The summed E-state index contributed by atoms with van der Waals surface area (Å²) in [6.07, 6.45) is 3.14. The molecule has 0 aromatic heterocycles. The number of hydrogen-bond donors (Lipinski definition) is 4. The highest BCUT2D eigenvalue weighted by Crippen LogP contribution is 2.24. The van der Waals surface area contributed by atoms with E-state index in [2.05, 4.69) is 4.74 Å². The first kappa shape index (κ1) is 24.4. The predicted molar refractivity (Wildman–Crippen MR) is 112 cm³/mol. The largest absolute Gasteiger partial charge is 0.508 e. The van der Waals surface area contributed by atoms with Crippen molar-refractivity contribution in [2.75, 3.05) is 7.11 Å². The van der Waals surface area contributed by atoms with Crippen LogP contribution in [0.15, 0.2) is 42.5 Å². The zero-order valence-corrected chi connectivity index (χ0v) is 17.0. The second-order valence-electron chi connectivity index (χ2n) is 6.75. The van der Waals surface area contributed by atoms with Gasteiger partial charge in [-0.1, -0.05) is 24.3 Å². The lowest BCUT2D eigenvalue weighted by Gasteiger charge is -2.21. The molecule has 3 rings (SSSR count). The fourth-order valence-corrected chi connectivity index (χ4v) is 3.15. The second-order valence-corrected chi connectivity index (χ2v) is 6.75. The molecule has 0 saturated heterocycles. The predicted octanol–water partition coefficient (Wildman–Crippen LogP) is 2.06. The number of halogens is 1. The number of aromatic hydroxyl groups is 1. The summed E-state index contributed by atoms with van der Waals surface area (Å²) in [7, 11) is 1.24. The van der Waals surface area contributed by atoms with Gasteiger partial charge in [-0.15, -0.1) is 12.4 Å². The van der Waals surface area contributed by atoms with Crippen LogP contribution in [0.5, 0.6) is 5.75 Å². The van der Waals surface area contributed by atoms with Crippen molar-refractivity contribution in [3.05, 3.63) is 64.7 Å². The number of phenolic OH excluding ortho intramolecular Hbond substituents is 1. The Morgan fingerprint density at radius 3 is 2.55 bits per heavy atom. The van der Waals surface area contributed by atoms with Crippen molar-refractivity contribution in [2.24, 2.45) is 11.5 Å². The number of ether oxygens (including phenoxy) is 1. The molecule has 8 heteroatoms. The number of phenols is 1. The number of aryl methyl sites for hydroxylation is 1. The van der Waals surface area contributed by atoms with Crippen LogP contribution in [0.25, 0.3) is 0 Å². The van der Waals surface area contributed by atoms with Crippen molar-refractivity contribution in [1.29, 1.82) is 0 Å². The third-order valence-corrected chi connectivity index (χ3v) is 4.65. The fourth-order valence-electron chi connectivity index (χ4n) is 3.15. The number of carbonyl (C=O) groups excluding carboxylic acids is 1. The van der Waals surface area contributed by atoms with Crippen molar-refractivity contribution in [3.63, 3.8) is 0 Å². The van der Waals surface area contributed by atoms with Crippen molar-refractivity contribution in [3.8, 4) is 5.75 Å². The molecule has 0 amide bonds. The summed E-state index contributed by atoms with van der Waals surface area (Å²) < 4.78 is 4.47. The van der Waals surface area contributed by atoms with Gasteiger partial charge in [-0.2, -0.15) is 0 Å². The normalized spacial score (nSPS) is 15.6. The molecule has 1 aliphatic carbocycles. The quantitative estimate of drug-likeness (QED) is 0.553. The molecule has 2 aromatic carbocycles. The number of carboxylic acid groups (broad SMARTS) is 1. The Kier molecular flexibility index (Phi) is 9.61. The average molecular weight is 423 g/mol. The SMILES string of the molecule is COC(=O)C(N)Cc1ccccc1C(=O)O.Cl.N[C@H]1CCc2cc(O)ccc2C1. The molecular weight excluding hydrogens is 396 g/mol. The number of methoxy groups -OCH3 is 1. The molecule has 0 aliphatic heterocycles. The lowest BCUT2D eigenvalue weighted by molar-refractivity contribution is -0.142. The van der Waals surface area contributed by atoms with Crippen LogP contribution < -0.4 is 11.5 Å². The number of esters is 1. The van der Waals surface area contributed by atoms with Gasteiger partial charge in [0.05, 0.1) is 12.7 Å². The second kappa shape index (κ2) is 11.4. The van der Waals surface area contributed by atoms with Gasteiger partial charge in [0.25, 0.3) is 0 Å². The zero-order chi connectivity index (χ0) is 20.7. The molecule has 6 N–H and O–H groups in total. The Hall–Kier alpha value is -2.61. The topological polar surface area (TPSA) is 136 Å². The lowest BCUT2D eigenvalue weighted by Crippen LogP contribution is -2.34. The third-order valence-electron chi connectivity index (χ3n) is 4.65. The van der Waals surface area contributed by atoms with E-state index in [0.29, 0.717) is 17.4 Å². The van der Waals surface area contributed by atoms with E-state index in [1.165, 1.54) is 24.3 Å². The van der Waals surface area contributed by atoms with E-state index >= 15 is 0 Å². The minimum Gasteiger partial charge on any atom is -0.508 e. The average Bonchev–Trinajstić information content (AvgIpc) is 2.68. The molecule has 0 spiro atoms. The maximum atomic E-state index is 11.1. The van der Waals surface area contributed by atoms with E-state index in [1.54, 1.807) is 24.3 Å². The van der Waals surface area contributed by atoms with Gasteiger partial charge in [-0.25, -0.2) is 4.79 Å². The summed E-state index contributed by atoms with van der Waals surface area (Å²) in [5.41, 5.74) is 14.6. The van der Waals surface area contributed by atoms with Crippen LogP contribution >= 0.6 is 12.4 Å². The number of fused-ring (bicyclic) bond motifs is 1. The van der Waals surface area contributed by atoms with E-state index in [-0.39, 0.29) is 24.4 Å². The summed E-state index contributed by atoms with van der Waals surface area (Å²) >= 11 is 0. The Bertz CT molecular complexity index is 844. The Morgan fingerprint density at radius 1 is 1.21 bits per heavy atom. The highest BCUT2D eigenvalue weighted by Gasteiger charge is 2.18. The first-order chi connectivity index (χ1) is 13.3. The number of hydrogen-bond acceptors (Lipinski definition) is 6. The highest BCUT2D eigenvalue weighted by atomic mass is 35.5. The molecule has 2 aromatic rings. The maximum Gasteiger partial charge on any atom is 0.335 e. The Balaban J connectivity index is 0.000000289. The minimum atomic E-state index is -1.03. The van der Waals surface area contributed by atoms with Gasteiger partial charge in [0.15, 0.2) is 0 Å². The van der Waals surface area contributed by atoms with Crippen molar-refractivity contribution < 1.29 is 24.5 Å². The maximum absolute atomic E-state index is 11.1. The first-order valence-electron chi connectivity index (χ1n) is 9.02. The summed E-state index contributed by atoms with van der Waals surface area (Å²) in [6.45, 7) is 0. The van der Waals surface area contributed by atoms with Gasteiger partial charge in [0.2, 0.25) is 0 Å². The van der Waals surface area contributed by atoms with E-state index in [0.717, 1.165) is 19.3 Å². The monoisotopic (exact) mass is 422 g/mol. The molecule has 0 fully saturated rings. The van der Waals surface area contributed by atoms with Crippen LogP contribution in [0.2, 0.25) is 0 Å². The van der Waals surface area contributed by atoms with Crippen molar-refractivity contribution >= 4 is 24.3 Å². The summed E-state index contributed by atoms with van der Waals surface area (Å²) in [6, 6.07) is 11.4. The molecule has 0 radical (unpaired) electrons. The van der Waals surface area contributed by atoms with Crippen LogP contribution in [-0.4, -0.2) is 41.3 Å². The number of carbonyl (C=O) groups is 2. The fraction of sp³-hybridized carbons (Fsp3) is 0.333. The number of benzene rings is 2. The molecular formula is C21H27ClN2O5. The number of carboxylic acids is 1. The van der Waals surface area contributed by atoms with Gasteiger partial charge >= 0.3 is 11.9 Å². The Morgan fingerprint density at radius 2 is 1.90 bits per heavy atom. The lowest BCUT2D eigenvalue weighted by atomic mass is 9.89. The molecule has 7 nitrogen and oxygen atoms in total. The van der Waals surface area contributed by atoms with Gasteiger partial charge in [-0.05, 0) is 60.6 Å². The molecule has 1 unspecified atom stereocenters. The van der Waals surface area contributed by atoms with E-state index < -0.39 is 18.0 Å². The van der Waals surface area contributed by atoms with Crippen molar-refractivity contribution in [2.45, 2.75) is 37.8 Å². The first-order valence-corrected chi connectivity index (χ1v) is 9.02. The van der Waals surface area contributed by atoms with Crippen molar-refractivity contribution in [1.82, 2.24) is 0 Å². The zero-order valence-electron chi connectivity index (χ0n) is 16.2. The third kappa shape index (κ3) is 7.05. The Labute approximate surface area is 176 Å². The molecule has 29 heavy (non-hydrogen) atoms. The van der Waals surface area contributed by atoms with Crippen LogP contribution in [-0.2, 0) is 28.8 Å². The number of rotatable bonds is 4. The van der Waals surface area contributed by atoms with E-state index in [4.69, 9.17) is 16.6 Å². The van der Waals surface area contributed by atoms with E-state index in [9.17, 15) is 14.7 Å². The van der Waals surface area contributed by atoms with Crippen LogP contribution in [0.3, 0.4) is 0 Å².